The van der Waals surface area contributed by atoms with Crippen LogP contribution in [0.1, 0.15) is 50.2 Å². The highest BCUT2D eigenvalue weighted by Gasteiger charge is 2.47. The Morgan fingerprint density at radius 3 is 2.81 bits per heavy atom. The summed E-state index contributed by atoms with van der Waals surface area (Å²) in [6.45, 7) is 4.32. The van der Waals surface area contributed by atoms with Crippen LogP contribution in [0.25, 0.3) is 0 Å². The van der Waals surface area contributed by atoms with Crippen molar-refractivity contribution in [3.05, 3.63) is 35.4 Å². The number of oxime groups is 1. The fourth-order valence-corrected chi connectivity index (χ4v) is 4.26. The third kappa shape index (κ3) is 3.71. The van der Waals surface area contributed by atoms with Crippen molar-refractivity contribution < 1.29 is 14.0 Å². The minimum Gasteiger partial charge on any atom is -0.369 e. The Bertz CT molecular complexity index is 826. The van der Waals surface area contributed by atoms with E-state index < -0.39 is 5.67 Å². The minimum absolute atomic E-state index is 0.0429. The van der Waals surface area contributed by atoms with Gasteiger partial charge < -0.3 is 9.74 Å². The number of carbonyl (C=O) groups is 1. The van der Waals surface area contributed by atoms with E-state index in [0.717, 1.165) is 17.7 Å². The largest absolute Gasteiger partial charge is 0.369 e. The normalized spacial score (nSPS) is 32.2. The van der Waals surface area contributed by atoms with Crippen LogP contribution < -0.4 is 0 Å². The SMILES string of the molecule is Cc1cccc(C#CC2=NOC3C2CCN3C(=O)C2CCC(C)(F)CC2)c1. The highest BCUT2D eigenvalue weighted by Crippen LogP contribution is 2.38. The van der Waals surface area contributed by atoms with E-state index in [4.69, 9.17) is 4.84 Å². The molecule has 0 radical (unpaired) electrons. The van der Waals surface area contributed by atoms with Gasteiger partial charge in [0.1, 0.15) is 11.4 Å². The van der Waals surface area contributed by atoms with Gasteiger partial charge in [-0.25, -0.2) is 4.39 Å². The van der Waals surface area contributed by atoms with Crippen LogP contribution in [-0.2, 0) is 9.63 Å². The number of benzene rings is 1. The molecule has 1 saturated carbocycles. The number of alkyl halides is 1. The first-order valence-electron chi connectivity index (χ1n) is 9.75. The summed E-state index contributed by atoms with van der Waals surface area (Å²) in [7, 11) is 0. The molecule has 27 heavy (non-hydrogen) atoms. The standard InChI is InChI=1S/C22H25FN2O2/c1-15-4-3-5-16(14-15)6-7-19-18-10-13-25(21(18)27-24-19)20(26)17-8-11-22(2,23)12-9-17/h3-5,14,17-18,21H,8-13H2,1-2H3. The molecule has 2 fully saturated rings. The second-order valence-electron chi connectivity index (χ2n) is 8.21. The highest BCUT2D eigenvalue weighted by molar-refractivity contribution is 6.03. The fourth-order valence-electron chi connectivity index (χ4n) is 4.26. The van der Waals surface area contributed by atoms with Gasteiger partial charge in [-0.3, -0.25) is 4.79 Å². The highest BCUT2D eigenvalue weighted by atomic mass is 19.1. The number of aryl methyl sites for hydroxylation is 1. The molecule has 2 atom stereocenters. The molecule has 0 spiro atoms. The van der Waals surface area contributed by atoms with E-state index in [9.17, 15) is 9.18 Å². The number of hydrogen-bond donors (Lipinski definition) is 0. The first kappa shape index (κ1) is 18.0. The summed E-state index contributed by atoms with van der Waals surface area (Å²) < 4.78 is 14.0. The molecular formula is C22H25FN2O2. The monoisotopic (exact) mass is 368 g/mol. The molecule has 142 valence electrons. The van der Waals surface area contributed by atoms with Crippen molar-refractivity contribution in [2.45, 2.75) is 57.8 Å². The van der Waals surface area contributed by atoms with Gasteiger partial charge in [-0.05, 0) is 69.6 Å². The molecular weight excluding hydrogens is 343 g/mol. The number of amides is 1. The van der Waals surface area contributed by atoms with Crippen LogP contribution in [0.2, 0.25) is 0 Å². The molecule has 2 aliphatic heterocycles. The predicted octanol–water partition coefficient (Wildman–Crippen LogP) is 3.83. The molecule has 1 amide bonds. The Hall–Kier alpha value is -2.35. The molecule has 0 bridgehead atoms. The molecule has 4 rings (SSSR count). The molecule has 3 aliphatic rings. The lowest BCUT2D eigenvalue weighted by Gasteiger charge is -2.33. The number of rotatable bonds is 1. The molecule has 1 aliphatic carbocycles. The van der Waals surface area contributed by atoms with Crippen LogP contribution in [0, 0.1) is 30.6 Å². The average Bonchev–Trinajstić information content (AvgIpc) is 3.21. The van der Waals surface area contributed by atoms with Crippen LogP contribution in [0.3, 0.4) is 0 Å². The second kappa shape index (κ2) is 6.99. The topological polar surface area (TPSA) is 41.9 Å². The van der Waals surface area contributed by atoms with Crippen molar-refractivity contribution in [1.82, 2.24) is 4.90 Å². The summed E-state index contributed by atoms with van der Waals surface area (Å²) in [5.74, 6) is 6.31. The van der Waals surface area contributed by atoms with E-state index in [-0.39, 0.29) is 24.0 Å². The van der Waals surface area contributed by atoms with E-state index >= 15 is 0 Å². The molecule has 1 aromatic rings. The van der Waals surface area contributed by atoms with Crippen LogP contribution >= 0.6 is 0 Å². The molecule has 2 unspecified atom stereocenters. The van der Waals surface area contributed by atoms with Gasteiger partial charge in [-0.15, -0.1) is 0 Å². The van der Waals surface area contributed by atoms with E-state index in [1.165, 1.54) is 5.56 Å². The molecule has 1 aromatic carbocycles. The van der Waals surface area contributed by atoms with Gasteiger partial charge in [-0.2, -0.15) is 0 Å². The maximum Gasteiger partial charge on any atom is 0.228 e. The Morgan fingerprint density at radius 1 is 1.30 bits per heavy atom. The number of hydrogen-bond acceptors (Lipinski definition) is 3. The van der Waals surface area contributed by atoms with E-state index in [0.29, 0.717) is 32.2 Å². The first-order valence-corrected chi connectivity index (χ1v) is 9.75. The van der Waals surface area contributed by atoms with Crippen LogP contribution in [-0.4, -0.2) is 35.0 Å². The quantitative estimate of drug-likeness (QED) is 0.707. The maximum absolute atomic E-state index is 14.0. The van der Waals surface area contributed by atoms with Gasteiger partial charge in [0.2, 0.25) is 12.1 Å². The van der Waals surface area contributed by atoms with Crippen molar-refractivity contribution in [1.29, 1.82) is 0 Å². The smallest absolute Gasteiger partial charge is 0.228 e. The molecule has 1 saturated heterocycles. The van der Waals surface area contributed by atoms with Gasteiger partial charge in [0.15, 0.2) is 0 Å². The van der Waals surface area contributed by atoms with Crippen molar-refractivity contribution in [2.75, 3.05) is 6.54 Å². The zero-order chi connectivity index (χ0) is 19.0. The Morgan fingerprint density at radius 2 is 2.07 bits per heavy atom. The van der Waals surface area contributed by atoms with Gasteiger partial charge in [0, 0.05) is 18.0 Å². The summed E-state index contributed by atoms with van der Waals surface area (Å²) in [4.78, 5) is 20.3. The van der Waals surface area contributed by atoms with Crippen molar-refractivity contribution in [3.63, 3.8) is 0 Å². The van der Waals surface area contributed by atoms with E-state index in [1.54, 1.807) is 11.8 Å². The molecule has 4 nitrogen and oxygen atoms in total. The van der Waals surface area contributed by atoms with Crippen LogP contribution in [0.15, 0.2) is 29.4 Å². The van der Waals surface area contributed by atoms with Crippen LogP contribution in [0.4, 0.5) is 4.39 Å². The summed E-state index contributed by atoms with van der Waals surface area (Å²) in [6.07, 6.45) is 2.59. The number of fused-ring (bicyclic) bond motifs is 1. The number of halogens is 1. The lowest BCUT2D eigenvalue weighted by atomic mass is 9.80. The second-order valence-corrected chi connectivity index (χ2v) is 8.21. The summed E-state index contributed by atoms with van der Waals surface area (Å²) >= 11 is 0. The van der Waals surface area contributed by atoms with Gasteiger partial charge in [0.05, 0.1) is 5.92 Å². The van der Waals surface area contributed by atoms with Gasteiger partial charge in [-0.1, -0.05) is 23.2 Å². The Labute approximate surface area is 159 Å². The zero-order valence-corrected chi connectivity index (χ0v) is 15.9. The first-order chi connectivity index (χ1) is 12.9. The van der Waals surface area contributed by atoms with Crippen molar-refractivity contribution >= 4 is 11.6 Å². The van der Waals surface area contributed by atoms with E-state index in [1.807, 2.05) is 31.2 Å². The average molecular weight is 368 g/mol. The zero-order valence-electron chi connectivity index (χ0n) is 15.9. The molecule has 0 aromatic heterocycles. The molecule has 5 heteroatoms. The van der Waals surface area contributed by atoms with Crippen molar-refractivity contribution in [2.24, 2.45) is 17.0 Å². The van der Waals surface area contributed by atoms with Crippen LogP contribution in [0.5, 0.6) is 0 Å². The summed E-state index contributed by atoms with van der Waals surface area (Å²) in [5.41, 5.74) is 1.70. The lowest BCUT2D eigenvalue weighted by Crippen LogP contribution is -2.43. The Balaban J connectivity index is 1.41. The third-order valence-electron chi connectivity index (χ3n) is 5.96. The summed E-state index contributed by atoms with van der Waals surface area (Å²) in [5, 5.41) is 4.15. The molecule has 0 N–H and O–H groups in total. The van der Waals surface area contributed by atoms with Gasteiger partial charge in [0.25, 0.3) is 0 Å². The summed E-state index contributed by atoms with van der Waals surface area (Å²) in [6, 6.07) is 8.03. The number of likely N-dealkylation sites (tertiary alicyclic amines) is 1. The van der Waals surface area contributed by atoms with Gasteiger partial charge >= 0.3 is 0 Å². The predicted molar refractivity (Wildman–Crippen MR) is 102 cm³/mol. The fraction of sp³-hybridized carbons (Fsp3) is 0.545. The maximum atomic E-state index is 14.0. The lowest BCUT2D eigenvalue weighted by molar-refractivity contribution is -0.147. The Kier molecular flexibility index (Phi) is 4.67. The van der Waals surface area contributed by atoms with E-state index in [2.05, 4.69) is 17.0 Å². The van der Waals surface area contributed by atoms with Crippen molar-refractivity contribution in [3.8, 4) is 11.8 Å². The minimum atomic E-state index is -1.13. The number of carbonyl (C=O) groups excluding carboxylic acids is 1. The molecule has 2 heterocycles. The number of nitrogens with zero attached hydrogens (tertiary/aromatic N) is 2. The third-order valence-corrected chi connectivity index (χ3v) is 5.96.